The van der Waals surface area contributed by atoms with Gasteiger partial charge < -0.3 is 10.1 Å². The molecule has 0 radical (unpaired) electrons. The number of sulfonamides is 1. The van der Waals surface area contributed by atoms with Crippen molar-refractivity contribution in [3.8, 4) is 11.6 Å². The summed E-state index contributed by atoms with van der Waals surface area (Å²) in [6.07, 6.45) is 5.07. The van der Waals surface area contributed by atoms with Crippen molar-refractivity contribution in [2.45, 2.75) is 11.8 Å². The molecule has 0 amide bonds. The molecule has 0 spiro atoms. The molecular weight excluding hydrogens is 435 g/mol. The Hall–Kier alpha value is -3.99. The Balaban J connectivity index is 1.53. The summed E-state index contributed by atoms with van der Waals surface area (Å²) in [5, 5.41) is 3.16. The lowest BCUT2D eigenvalue weighted by Gasteiger charge is -2.13. The fourth-order valence-corrected chi connectivity index (χ4v) is 4.22. The molecule has 0 saturated carbocycles. The maximum absolute atomic E-state index is 13.6. The standard InChI is InChI=1S/C21H19FN6O3S/c1-14-24-20(12-21(25-14)28-10-9-23-13-28)26-16-4-6-17(7-5-16)27-32(29,30)19-11-15(22)3-8-18(19)31-2/h3-13,27H,1-2H3,(H,24,25,26). The average molecular weight is 454 g/mol. The number of anilines is 3. The van der Waals surface area contributed by atoms with Crippen molar-refractivity contribution in [2.75, 3.05) is 17.1 Å². The second kappa shape index (κ2) is 8.63. The van der Waals surface area contributed by atoms with Gasteiger partial charge in [0.1, 0.15) is 40.2 Å². The van der Waals surface area contributed by atoms with Gasteiger partial charge in [0.15, 0.2) is 0 Å². The van der Waals surface area contributed by atoms with Gasteiger partial charge in [-0.3, -0.25) is 9.29 Å². The van der Waals surface area contributed by atoms with Gasteiger partial charge >= 0.3 is 0 Å². The van der Waals surface area contributed by atoms with Crippen LogP contribution in [0.3, 0.4) is 0 Å². The monoisotopic (exact) mass is 454 g/mol. The zero-order valence-electron chi connectivity index (χ0n) is 17.2. The number of hydrogen-bond donors (Lipinski definition) is 2. The highest BCUT2D eigenvalue weighted by Gasteiger charge is 2.20. The maximum Gasteiger partial charge on any atom is 0.265 e. The topological polar surface area (TPSA) is 111 Å². The minimum Gasteiger partial charge on any atom is -0.495 e. The second-order valence-electron chi connectivity index (χ2n) is 6.73. The van der Waals surface area contributed by atoms with Crippen molar-refractivity contribution in [1.82, 2.24) is 19.5 Å². The average Bonchev–Trinajstić information content (AvgIpc) is 3.30. The molecule has 0 atom stereocenters. The summed E-state index contributed by atoms with van der Waals surface area (Å²) in [6.45, 7) is 1.78. The van der Waals surface area contributed by atoms with Crippen LogP contribution in [-0.4, -0.2) is 35.0 Å². The third-order valence-corrected chi connectivity index (χ3v) is 5.82. The Morgan fingerprint density at radius 3 is 2.47 bits per heavy atom. The molecule has 164 valence electrons. The first-order chi connectivity index (χ1) is 15.3. The molecule has 4 aromatic rings. The van der Waals surface area contributed by atoms with Crippen molar-refractivity contribution in [1.29, 1.82) is 0 Å². The zero-order chi connectivity index (χ0) is 22.7. The number of aryl methyl sites for hydroxylation is 1. The smallest absolute Gasteiger partial charge is 0.265 e. The van der Waals surface area contributed by atoms with E-state index in [4.69, 9.17) is 4.74 Å². The Morgan fingerprint density at radius 2 is 1.78 bits per heavy atom. The van der Waals surface area contributed by atoms with Crippen LogP contribution in [-0.2, 0) is 10.0 Å². The number of imidazole rings is 1. The van der Waals surface area contributed by atoms with E-state index < -0.39 is 15.8 Å². The van der Waals surface area contributed by atoms with E-state index in [2.05, 4.69) is 25.0 Å². The van der Waals surface area contributed by atoms with Crippen LogP contribution in [0.1, 0.15) is 5.82 Å². The van der Waals surface area contributed by atoms with Gasteiger partial charge in [0.25, 0.3) is 10.0 Å². The number of nitrogens with zero attached hydrogens (tertiary/aromatic N) is 4. The number of rotatable bonds is 7. The van der Waals surface area contributed by atoms with Crippen LogP contribution in [0.15, 0.2) is 72.1 Å². The zero-order valence-corrected chi connectivity index (χ0v) is 18.0. The summed E-state index contributed by atoms with van der Waals surface area (Å²) in [4.78, 5) is 12.5. The van der Waals surface area contributed by atoms with E-state index in [-0.39, 0.29) is 10.6 Å². The number of nitrogens with one attached hydrogen (secondary N) is 2. The lowest BCUT2D eigenvalue weighted by atomic mass is 10.3. The van der Waals surface area contributed by atoms with Gasteiger partial charge in [0.2, 0.25) is 0 Å². The van der Waals surface area contributed by atoms with Crippen LogP contribution in [0.2, 0.25) is 0 Å². The summed E-state index contributed by atoms with van der Waals surface area (Å²) in [5.74, 6) is 1.17. The predicted octanol–water partition coefficient (Wildman–Crippen LogP) is 3.66. The van der Waals surface area contributed by atoms with Crippen LogP contribution in [0.25, 0.3) is 5.82 Å². The van der Waals surface area contributed by atoms with Crippen molar-refractivity contribution in [3.63, 3.8) is 0 Å². The molecular formula is C21H19FN6O3S. The van der Waals surface area contributed by atoms with E-state index in [0.717, 1.165) is 12.1 Å². The van der Waals surface area contributed by atoms with Gasteiger partial charge in [-0.25, -0.2) is 27.8 Å². The third-order valence-electron chi connectivity index (χ3n) is 4.42. The van der Waals surface area contributed by atoms with E-state index in [1.54, 1.807) is 60.5 Å². The molecule has 2 N–H and O–H groups in total. The number of ether oxygens (including phenoxy) is 1. The first kappa shape index (κ1) is 21.2. The Kier molecular flexibility index (Phi) is 5.73. The fraction of sp³-hybridized carbons (Fsp3) is 0.0952. The van der Waals surface area contributed by atoms with Crippen LogP contribution in [0, 0.1) is 12.7 Å². The molecule has 32 heavy (non-hydrogen) atoms. The highest BCUT2D eigenvalue weighted by molar-refractivity contribution is 7.92. The largest absolute Gasteiger partial charge is 0.495 e. The first-order valence-electron chi connectivity index (χ1n) is 9.41. The van der Waals surface area contributed by atoms with Gasteiger partial charge in [0, 0.05) is 29.8 Å². The van der Waals surface area contributed by atoms with Gasteiger partial charge in [-0.1, -0.05) is 0 Å². The number of halogens is 1. The molecule has 2 aromatic heterocycles. The minimum absolute atomic E-state index is 0.0463. The predicted molar refractivity (Wildman–Crippen MR) is 117 cm³/mol. The highest BCUT2D eigenvalue weighted by atomic mass is 32.2. The molecule has 0 aliphatic heterocycles. The molecule has 0 aliphatic rings. The molecule has 11 heteroatoms. The number of hydrogen-bond acceptors (Lipinski definition) is 7. The molecule has 2 aromatic carbocycles. The van der Waals surface area contributed by atoms with Crippen molar-refractivity contribution >= 4 is 27.2 Å². The van der Waals surface area contributed by atoms with E-state index in [1.807, 2.05) is 0 Å². The van der Waals surface area contributed by atoms with E-state index in [0.29, 0.717) is 28.8 Å². The van der Waals surface area contributed by atoms with Crippen LogP contribution in [0.4, 0.5) is 21.6 Å². The molecule has 4 rings (SSSR count). The van der Waals surface area contributed by atoms with Crippen molar-refractivity contribution < 1.29 is 17.5 Å². The summed E-state index contributed by atoms with van der Waals surface area (Å²) in [5.41, 5.74) is 0.991. The Morgan fingerprint density at radius 1 is 1.03 bits per heavy atom. The van der Waals surface area contributed by atoms with Gasteiger partial charge in [-0.15, -0.1) is 0 Å². The lowest BCUT2D eigenvalue weighted by molar-refractivity contribution is 0.401. The first-order valence-corrected chi connectivity index (χ1v) is 10.9. The van der Waals surface area contributed by atoms with Crippen LogP contribution >= 0.6 is 0 Å². The second-order valence-corrected chi connectivity index (χ2v) is 8.38. The Labute approximate surface area is 184 Å². The molecule has 2 heterocycles. The fourth-order valence-electron chi connectivity index (χ4n) is 2.98. The van der Waals surface area contributed by atoms with Gasteiger partial charge in [-0.2, -0.15) is 0 Å². The van der Waals surface area contributed by atoms with E-state index in [1.165, 1.54) is 13.2 Å². The molecule has 0 unspecified atom stereocenters. The highest BCUT2D eigenvalue weighted by Crippen LogP contribution is 2.27. The number of benzene rings is 2. The summed E-state index contributed by atoms with van der Waals surface area (Å²) < 4.78 is 48.2. The molecule has 9 nitrogen and oxygen atoms in total. The molecule has 0 saturated heterocycles. The number of methoxy groups -OCH3 is 1. The van der Waals surface area contributed by atoms with E-state index in [9.17, 15) is 12.8 Å². The SMILES string of the molecule is COc1ccc(F)cc1S(=O)(=O)Nc1ccc(Nc2cc(-n3ccnc3)nc(C)n2)cc1. The molecule has 0 fully saturated rings. The summed E-state index contributed by atoms with van der Waals surface area (Å²) >= 11 is 0. The van der Waals surface area contributed by atoms with Gasteiger partial charge in [-0.05, 0) is 49.4 Å². The van der Waals surface area contributed by atoms with Crippen LogP contribution < -0.4 is 14.8 Å². The maximum atomic E-state index is 13.6. The van der Waals surface area contributed by atoms with Crippen molar-refractivity contribution in [3.05, 3.63) is 78.9 Å². The van der Waals surface area contributed by atoms with Gasteiger partial charge in [0.05, 0.1) is 7.11 Å². The van der Waals surface area contributed by atoms with E-state index >= 15 is 0 Å². The third kappa shape index (κ3) is 4.67. The minimum atomic E-state index is -4.05. The normalized spacial score (nSPS) is 11.2. The summed E-state index contributed by atoms with van der Waals surface area (Å²) in [6, 6.07) is 11.6. The lowest BCUT2D eigenvalue weighted by Crippen LogP contribution is -2.14. The van der Waals surface area contributed by atoms with Crippen molar-refractivity contribution in [2.24, 2.45) is 0 Å². The number of aromatic nitrogens is 4. The summed E-state index contributed by atoms with van der Waals surface area (Å²) in [7, 11) is -2.73. The Bertz CT molecular complexity index is 1340. The molecule has 0 aliphatic carbocycles. The molecule has 0 bridgehead atoms. The van der Waals surface area contributed by atoms with Crippen LogP contribution in [0.5, 0.6) is 5.75 Å². The quantitative estimate of drug-likeness (QED) is 0.438.